The summed E-state index contributed by atoms with van der Waals surface area (Å²) in [4.78, 5) is 30.8. The molecular weight excluding hydrogens is 507 g/mol. The van der Waals surface area contributed by atoms with Gasteiger partial charge >= 0.3 is 6.18 Å². The van der Waals surface area contributed by atoms with Crippen LogP contribution in [0.5, 0.6) is 0 Å². The zero-order valence-electron chi connectivity index (χ0n) is 20.0. The molecule has 2 saturated heterocycles. The third-order valence-electron chi connectivity index (χ3n) is 6.66. The average Bonchev–Trinajstić information content (AvgIpc) is 2.82. The summed E-state index contributed by atoms with van der Waals surface area (Å²) in [6.45, 7) is 4.68. The molecule has 0 saturated carbocycles. The maximum absolute atomic E-state index is 13.8. The predicted octanol–water partition coefficient (Wildman–Crippen LogP) is 4.23. The lowest BCUT2D eigenvalue weighted by atomic mass is 10.1. The molecule has 8 nitrogen and oxygen atoms in total. The summed E-state index contributed by atoms with van der Waals surface area (Å²) in [5, 5.41) is 0.626. The number of hydrogen-bond donors (Lipinski definition) is 1. The average molecular weight is 532 g/mol. The Kier molecular flexibility index (Phi) is 6.57. The Bertz CT molecular complexity index is 1310. The maximum atomic E-state index is 13.8. The third kappa shape index (κ3) is 5.13. The van der Waals surface area contributed by atoms with Crippen LogP contribution in [0.15, 0.2) is 42.6 Å². The minimum absolute atomic E-state index is 0.176. The van der Waals surface area contributed by atoms with Crippen molar-refractivity contribution in [3.05, 3.63) is 58.7 Å². The number of hydrogen-bond acceptors (Lipinski definition) is 7. The van der Waals surface area contributed by atoms with Gasteiger partial charge in [-0.2, -0.15) is 18.2 Å². The molecule has 1 unspecified atom stereocenters. The Morgan fingerprint density at radius 1 is 1.05 bits per heavy atom. The standard InChI is InChI=1S/C25H25ClF3N7O/c1-15-14-35(23-19(25(27,28)29)11-17(13-31-23)22(30)37)9-10-36(15)21-12-20(16-3-5-18(26)6-4-16)32-24(33-21)34-7-2-8-34/h3-6,11-13,15H,2,7-10,14H2,1H3,(H2,30,37). The lowest BCUT2D eigenvalue weighted by Crippen LogP contribution is -2.53. The number of amides is 1. The van der Waals surface area contributed by atoms with Crippen LogP contribution in [0.1, 0.15) is 29.3 Å². The zero-order chi connectivity index (χ0) is 26.3. The van der Waals surface area contributed by atoms with Crippen LogP contribution < -0.4 is 20.4 Å². The zero-order valence-corrected chi connectivity index (χ0v) is 20.8. The lowest BCUT2D eigenvalue weighted by Gasteiger charge is -2.42. The van der Waals surface area contributed by atoms with E-state index in [-0.39, 0.29) is 30.5 Å². The molecule has 1 aromatic carbocycles. The summed E-state index contributed by atoms with van der Waals surface area (Å²) >= 11 is 6.06. The molecule has 3 aromatic rings. The summed E-state index contributed by atoms with van der Waals surface area (Å²) in [5.41, 5.74) is 5.57. The molecule has 1 atom stereocenters. The largest absolute Gasteiger partial charge is 0.419 e. The first-order valence-electron chi connectivity index (χ1n) is 11.9. The monoisotopic (exact) mass is 531 g/mol. The molecule has 194 valence electrons. The van der Waals surface area contributed by atoms with E-state index in [1.165, 1.54) is 0 Å². The van der Waals surface area contributed by atoms with E-state index in [0.29, 0.717) is 23.3 Å². The van der Waals surface area contributed by atoms with Crippen LogP contribution in [0.3, 0.4) is 0 Å². The van der Waals surface area contributed by atoms with E-state index in [0.717, 1.165) is 43.0 Å². The molecule has 2 aromatic heterocycles. The number of alkyl halides is 3. The van der Waals surface area contributed by atoms with Crippen molar-refractivity contribution in [1.29, 1.82) is 0 Å². The molecule has 2 N–H and O–H groups in total. The molecule has 2 fully saturated rings. The van der Waals surface area contributed by atoms with Crippen LogP contribution in [-0.4, -0.2) is 59.6 Å². The summed E-state index contributed by atoms with van der Waals surface area (Å²) in [7, 11) is 0. The normalized spacial score (nSPS) is 18.1. The van der Waals surface area contributed by atoms with Gasteiger partial charge in [-0.25, -0.2) is 9.97 Å². The van der Waals surface area contributed by atoms with Gasteiger partial charge in [0.1, 0.15) is 11.6 Å². The number of nitrogens with two attached hydrogens (primary N) is 1. The van der Waals surface area contributed by atoms with E-state index in [1.807, 2.05) is 25.1 Å². The van der Waals surface area contributed by atoms with Gasteiger partial charge in [0.2, 0.25) is 11.9 Å². The number of rotatable bonds is 5. The number of piperazine rings is 1. The Balaban J connectivity index is 1.44. The highest BCUT2D eigenvalue weighted by molar-refractivity contribution is 6.30. The van der Waals surface area contributed by atoms with E-state index in [2.05, 4.69) is 14.8 Å². The molecule has 37 heavy (non-hydrogen) atoms. The predicted molar refractivity (Wildman–Crippen MR) is 136 cm³/mol. The molecule has 5 rings (SSSR count). The first-order valence-corrected chi connectivity index (χ1v) is 12.3. The van der Waals surface area contributed by atoms with Crippen LogP contribution in [0.2, 0.25) is 5.02 Å². The molecule has 2 aliphatic heterocycles. The van der Waals surface area contributed by atoms with E-state index in [9.17, 15) is 18.0 Å². The summed E-state index contributed by atoms with van der Waals surface area (Å²) in [5.74, 6) is 0.171. The molecule has 0 aliphatic carbocycles. The van der Waals surface area contributed by atoms with Crippen LogP contribution >= 0.6 is 11.6 Å². The SMILES string of the molecule is CC1CN(c2ncc(C(N)=O)cc2C(F)(F)F)CCN1c1cc(-c2ccc(Cl)cc2)nc(N2CCC2)n1. The van der Waals surface area contributed by atoms with Crippen LogP contribution in [0, 0.1) is 0 Å². The fourth-order valence-electron chi connectivity index (χ4n) is 4.54. The number of carbonyl (C=O) groups excluding carboxylic acids is 1. The Morgan fingerprint density at radius 3 is 2.38 bits per heavy atom. The van der Waals surface area contributed by atoms with Crippen molar-refractivity contribution < 1.29 is 18.0 Å². The molecular formula is C25H25ClF3N7O. The van der Waals surface area contributed by atoms with Gasteiger partial charge < -0.3 is 20.4 Å². The van der Waals surface area contributed by atoms with Crippen molar-refractivity contribution in [2.75, 3.05) is 47.4 Å². The smallest absolute Gasteiger partial charge is 0.366 e. The molecule has 0 bridgehead atoms. The van der Waals surface area contributed by atoms with Crippen LogP contribution in [-0.2, 0) is 6.18 Å². The van der Waals surface area contributed by atoms with E-state index in [4.69, 9.17) is 27.3 Å². The lowest BCUT2D eigenvalue weighted by molar-refractivity contribution is -0.137. The van der Waals surface area contributed by atoms with E-state index < -0.39 is 17.6 Å². The minimum atomic E-state index is -4.68. The van der Waals surface area contributed by atoms with Crippen LogP contribution in [0.4, 0.5) is 30.8 Å². The van der Waals surface area contributed by atoms with Crippen molar-refractivity contribution >= 4 is 35.1 Å². The number of nitrogens with zero attached hydrogens (tertiary/aromatic N) is 6. The quantitative estimate of drug-likeness (QED) is 0.526. The molecule has 2 aliphatic rings. The van der Waals surface area contributed by atoms with Crippen molar-refractivity contribution in [3.8, 4) is 11.3 Å². The number of anilines is 3. The molecule has 0 radical (unpaired) electrons. The van der Waals surface area contributed by atoms with Gasteiger partial charge in [0.25, 0.3) is 0 Å². The van der Waals surface area contributed by atoms with E-state index in [1.54, 1.807) is 17.0 Å². The minimum Gasteiger partial charge on any atom is -0.366 e. The van der Waals surface area contributed by atoms with Gasteiger partial charge in [0, 0.05) is 61.6 Å². The summed E-state index contributed by atoms with van der Waals surface area (Å²) in [6, 6.07) is 9.90. The highest BCUT2D eigenvalue weighted by atomic mass is 35.5. The van der Waals surface area contributed by atoms with Gasteiger partial charge in [0.15, 0.2) is 0 Å². The van der Waals surface area contributed by atoms with Gasteiger partial charge in [-0.3, -0.25) is 4.79 Å². The van der Waals surface area contributed by atoms with Gasteiger partial charge in [-0.15, -0.1) is 0 Å². The van der Waals surface area contributed by atoms with Crippen molar-refractivity contribution in [2.24, 2.45) is 5.73 Å². The van der Waals surface area contributed by atoms with Gasteiger partial charge in [-0.05, 0) is 31.5 Å². The maximum Gasteiger partial charge on any atom is 0.419 e. The fourth-order valence-corrected chi connectivity index (χ4v) is 4.66. The van der Waals surface area contributed by atoms with Crippen molar-refractivity contribution in [3.63, 3.8) is 0 Å². The second-order valence-electron chi connectivity index (χ2n) is 9.20. The Hall–Kier alpha value is -3.60. The summed E-state index contributed by atoms with van der Waals surface area (Å²) < 4.78 is 41.4. The number of pyridine rings is 1. The van der Waals surface area contributed by atoms with Gasteiger partial charge in [0.05, 0.1) is 16.8 Å². The fraction of sp³-hybridized carbons (Fsp3) is 0.360. The second kappa shape index (κ2) is 9.70. The second-order valence-corrected chi connectivity index (χ2v) is 9.64. The number of carbonyl (C=O) groups is 1. The number of primary amides is 1. The third-order valence-corrected chi connectivity index (χ3v) is 6.91. The van der Waals surface area contributed by atoms with Gasteiger partial charge in [-0.1, -0.05) is 23.7 Å². The molecule has 0 spiro atoms. The molecule has 1 amide bonds. The topological polar surface area (TPSA) is 91.5 Å². The Morgan fingerprint density at radius 2 is 1.78 bits per heavy atom. The van der Waals surface area contributed by atoms with Crippen molar-refractivity contribution in [1.82, 2.24) is 15.0 Å². The molecule has 12 heteroatoms. The van der Waals surface area contributed by atoms with Crippen molar-refractivity contribution in [2.45, 2.75) is 25.6 Å². The van der Waals surface area contributed by atoms with Crippen LogP contribution in [0.25, 0.3) is 11.3 Å². The number of halogens is 4. The Labute approximate surface area is 216 Å². The first kappa shape index (κ1) is 25.1. The number of benzene rings is 1. The summed E-state index contributed by atoms with van der Waals surface area (Å²) in [6.07, 6.45) is -2.52. The van der Waals surface area contributed by atoms with E-state index >= 15 is 0 Å². The number of aromatic nitrogens is 3. The first-order chi connectivity index (χ1) is 17.6. The molecule has 4 heterocycles. The highest BCUT2D eigenvalue weighted by Crippen LogP contribution is 2.37. The highest BCUT2D eigenvalue weighted by Gasteiger charge is 2.38.